The molecule has 1 aromatic carbocycles. The van der Waals surface area contributed by atoms with Crippen molar-refractivity contribution in [2.75, 3.05) is 6.54 Å². The highest BCUT2D eigenvalue weighted by Crippen LogP contribution is 2.24. The number of sulfonamides is 1. The Bertz CT molecular complexity index is 729. The summed E-state index contributed by atoms with van der Waals surface area (Å²) in [6.07, 6.45) is 3.16. The van der Waals surface area contributed by atoms with E-state index in [9.17, 15) is 8.42 Å². The maximum Gasteiger partial charge on any atom is 0.242 e. The Hall–Kier alpha value is -1.08. The predicted molar refractivity (Wildman–Crippen MR) is 83.3 cm³/mol. The van der Waals surface area contributed by atoms with Crippen LogP contribution in [0, 0.1) is 6.92 Å². The van der Waals surface area contributed by atoms with E-state index in [4.69, 9.17) is 23.2 Å². The number of H-pyrrole nitrogens is 1. The molecule has 0 saturated heterocycles. The molecule has 0 aliphatic carbocycles. The molecule has 5 nitrogen and oxygen atoms in total. The number of aryl methyl sites for hydroxylation is 2. The van der Waals surface area contributed by atoms with E-state index < -0.39 is 10.0 Å². The molecule has 0 fully saturated rings. The fraction of sp³-hybridized carbons (Fsp3) is 0.308. The molecular weight excluding hydrogens is 333 g/mol. The molecule has 0 saturated carbocycles. The number of benzene rings is 1. The molecule has 2 rings (SSSR count). The molecule has 1 aromatic heterocycles. The van der Waals surface area contributed by atoms with Gasteiger partial charge in [-0.2, -0.15) is 5.10 Å². The molecule has 0 unspecified atom stereocenters. The largest absolute Gasteiger partial charge is 0.283 e. The van der Waals surface area contributed by atoms with Crippen LogP contribution in [0.3, 0.4) is 0 Å². The van der Waals surface area contributed by atoms with Gasteiger partial charge >= 0.3 is 0 Å². The van der Waals surface area contributed by atoms with E-state index in [-0.39, 0.29) is 9.92 Å². The topological polar surface area (TPSA) is 74.8 Å². The second-order valence-corrected chi connectivity index (χ2v) is 7.18. The second kappa shape index (κ2) is 6.79. The summed E-state index contributed by atoms with van der Waals surface area (Å²) in [5.41, 5.74) is 2.07. The number of nitrogens with one attached hydrogen (secondary N) is 2. The van der Waals surface area contributed by atoms with Gasteiger partial charge in [0.2, 0.25) is 10.0 Å². The van der Waals surface area contributed by atoms with Gasteiger partial charge < -0.3 is 0 Å². The number of aromatic nitrogens is 2. The Balaban J connectivity index is 1.95. The zero-order valence-electron chi connectivity index (χ0n) is 11.4. The average molecular weight is 348 g/mol. The van der Waals surface area contributed by atoms with Crippen LogP contribution in [0.4, 0.5) is 0 Å². The standard InChI is InChI=1S/C13H15Cl2N3O2S/c1-9-10(8-16-18-9)3-2-6-17-21(19,20)13-7-11(14)4-5-12(13)15/h4-5,7-8,17H,2-3,6H2,1H3,(H,16,18). The molecule has 8 heteroatoms. The van der Waals surface area contributed by atoms with Gasteiger partial charge in [-0.15, -0.1) is 0 Å². The molecule has 0 bridgehead atoms. The minimum atomic E-state index is -3.65. The molecule has 0 amide bonds. The van der Waals surface area contributed by atoms with E-state index in [0.29, 0.717) is 18.0 Å². The number of hydrogen-bond acceptors (Lipinski definition) is 3. The fourth-order valence-electron chi connectivity index (χ4n) is 1.87. The molecule has 114 valence electrons. The van der Waals surface area contributed by atoms with Crippen LogP contribution in [0.5, 0.6) is 0 Å². The summed E-state index contributed by atoms with van der Waals surface area (Å²) < 4.78 is 26.8. The van der Waals surface area contributed by atoms with Crippen LogP contribution in [0.25, 0.3) is 0 Å². The van der Waals surface area contributed by atoms with Gasteiger partial charge in [0, 0.05) is 17.3 Å². The van der Waals surface area contributed by atoms with Crippen LogP contribution < -0.4 is 4.72 Å². The first kappa shape index (κ1) is 16.3. The van der Waals surface area contributed by atoms with E-state index in [2.05, 4.69) is 14.9 Å². The summed E-state index contributed by atoms with van der Waals surface area (Å²) in [6.45, 7) is 2.24. The van der Waals surface area contributed by atoms with E-state index in [1.807, 2.05) is 6.92 Å². The molecule has 2 aromatic rings. The smallest absolute Gasteiger partial charge is 0.242 e. The van der Waals surface area contributed by atoms with Crippen LogP contribution in [-0.4, -0.2) is 25.2 Å². The Kier molecular flexibility index (Phi) is 5.27. The van der Waals surface area contributed by atoms with Crippen LogP contribution in [0.2, 0.25) is 10.0 Å². The van der Waals surface area contributed by atoms with E-state index >= 15 is 0 Å². The van der Waals surface area contributed by atoms with Crippen LogP contribution >= 0.6 is 23.2 Å². The van der Waals surface area contributed by atoms with Crippen molar-refractivity contribution >= 4 is 33.2 Å². The maximum absolute atomic E-state index is 12.2. The van der Waals surface area contributed by atoms with Gasteiger partial charge in [-0.1, -0.05) is 23.2 Å². The highest BCUT2D eigenvalue weighted by molar-refractivity contribution is 7.89. The van der Waals surface area contributed by atoms with Crippen LogP contribution in [0.1, 0.15) is 17.7 Å². The quantitative estimate of drug-likeness (QED) is 0.788. The van der Waals surface area contributed by atoms with Gasteiger partial charge in [0.1, 0.15) is 4.90 Å². The van der Waals surface area contributed by atoms with Crippen molar-refractivity contribution < 1.29 is 8.42 Å². The van der Waals surface area contributed by atoms with Crippen LogP contribution in [0.15, 0.2) is 29.3 Å². The Morgan fingerprint density at radius 1 is 1.33 bits per heavy atom. The minimum Gasteiger partial charge on any atom is -0.283 e. The first-order chi connectivity index (χ1) is 9.90. The normalized spacial score (nSPS) is 11.8. The molecule has 21 heavy (non-hydrogen) atoms. The van der Waals surface area contributed by atoms with Crippen molar-refractivity contribution in [3.63, 3.8) is 0 Å². The lowest BCUT2D eigenvalue weighted by Crippen LogP contribution is -2.25. The van der Waals surface area contributed by atoms with E-state index in [1.165, 1.54) is 12.1 Å². The van der Waals surface area contributed by atoms with Crippen molar-refractivity contribution in [1.29, 1.82) is 0 Å². The summed E-state index contributed by atoms with van der Waals surface area (Å²) in [7, 11) is -3.65. The zero-order valence-corrected chi connectivity index (χ0v) is 13.7. The maximum atomic E-state index is 12.2. The molecule has 0 aliphatic rings. The number of halogens is 2. The van der Waals surface area contributed by atoms with Crippen molar-refractivity contribution in [3.8, 4) is 0 Å². The Labute approximate surface area is 133 Å². The third kappa shape index (κ3) is 4.20. The minimum absolute atomic E-state index is 0.00356. The molecule has 0 aliphatic heterocycles. The lowest BCUT2D eigenvalue weighted by atomic mass is 10.1. The highest BCUT2D eigenvalue weighted by Gasteiger charge is 2.17. The fourth-order valence-corrected chi connectivity index (χ4v) is 3.71. The van der Waals surface area contributed by atoms with Crippen molar-refractivity contribution in [3.05, 3.63) is 45.7 Å². The Morgan fingerprint density at radius 3 is 2.76 bits per heavy atom. The van der Waals surface area contributed by atoms with Crippen molar-refractivity contribution in [2.45, 2.75) is 24.7 Å². The summed E-state index contributed by atoms with van der Waals surface area (Å²) in [4.78, 5) is -0.00356. The second-order valence-electron chi connectivity index (χ2n) is 4.60. The summed E-state index contributed by atoms with van der Waals surface area (Å²) in [6, 6.07) is 4.35. The zero-order chi connectivity index (χ0) is 15.5. The molecule has 0 spiro atoms. The van der Waals surface area contributed by atoms with Crippen molar-refractivity contribution in [2.24, 2.45) is 0 Å². The van der Waals surface area contributed by atoms with E-state index in [0.717, 1.165) is 17.7 Å². The van der Waals surface area contributed by atoms with Crippen LogP contribution in [-0.2, 0) is 16.4 Å². The predicted octanol–water partition coefficient (Wildman–Crippen LogP) is 2.94. The SMILES string of the molecule is Cc1[nH]ncc1CCCNS(=O)(=O)c1cc(Cl)ccc1Cl. The first-order valence-corrected chi connectivity index (χ1v) is 8.57. The van der Waals surface area contributed by atoms with Gasteiger partial charge in [0.15, 0.2) is 0 Å². The van der Waals surface area contributed by atoms with E-state index in [1.54, 1.807) is 12.3 Å². The Morgan fingerprint density at radius 2 is 2.10 bits per heavy atom. The van der Waals surface area contributed by atoms with Gasteiger partial charge in [-0.3, -0.25) is 5.10 Å². The lowest BCUT2D eigenvalue weighted by Gasteiger charge is -2.08. The number of nitrogens with zero attached hydrogens (tertiary/aromatic N) is 1. The lowest BCUT2D eigenvalue weighted by molar-refractivity contribution is 0.579. The molecule has 1 heterocycles. The van der Waals surface area contributed by atoms with Gasteiger partial charge in [-0.05, 0) is 43.5 Å². The van der Waals surface area contributed by atoms with Gasteiger partial charge in [0.05, 0.1) is 11.2 Å². The molecular formula is C13H15Cl2N3O2S. The molecule has 0 radical (unpaired) electrons. The third-order valence-corrected chi connectivity index (χ3v) is 5.21. The number of hydrogen-bond donors (Lipinski definition) is 2. The first-order valence-electron chi connectivity index (χ1n) is 6.34. The highest BCUT2D eigenvalue weighted by atomic mass is 35.5. The average Bonchev–Trinajstić information content (AvgIpc) is 2.83. The number of rotatable bonds is 6. The molecule has 2 N–H and O–H groups in total. The van der Waals surface area contributed by atoms with Crippen molar-refractivity contribution in [1.82, 2.24) is 14.9 Å². The van der Waals surface area contributed by atoms with Gasteiger partial charge in [-0.25, -0.2) is 13.1 Å². The number of aromatic amines is 1. The molecule has 0 atom stereocenters. The third-order valence-electron chi connectivity index (χ3n) is 3.03. The monoisotopic (exact) mass is 347 g/mol. The summed E-state index contributed by atoms with van der Waals surface area (Å²) >= 11 is 11.7. The summed E-state index contributed by atoms with van der Waals surface area (Å²) in [5.74, 6) is 0. The summed E-state index contributed by atoms with van der Waals surface area (Å²) in [5, 5.41) is 7.25. The van der Waals surface area contributed by atoms with Gasteiger partial charge in [0.25, 0.3) is 0 Å².